The van der Waals surface area contributed by atoms with Crippen LogP contribution in [0.25, 0.3) is 0 Å². The minimum absolute atomic E-state index is 0.293. The molecule has 2 atom stereocenters. The molecule has 0 aliphatic carbocycles. The Kier molecular flexibility index (Phi) is 6.57. The summed E-state index contributed by atoms with van der Waals surface area (Å²) in [4.78, 5) is 24.9. The van der Waals surface area contributed by atoms with Crippen molar-refractivity contribution in [3.8, 4) is 0 Å². The van der Waals surface area contributed by atoms with Crippen LogP contribution in [-0.4, -0.2) is 11.8 Å². The van der Waals surface area contributed by atoms with Crippen LogP contribution in [0.2, 0.25) is 0 Å². The molecule has 2 unspecified atom stereocenters. The van der Waals surface area contributed by atoms with Gasteiger partial charge in [-0.2, -0.15) is 0 Å². The van der Waals surface area contributed by atoms with Crippen LogP contribution in [-0.2, 0) is 0 Å². The Morgan fingerprint density at radius 3 is 1.20 bits per heavy atom. The molecular weight excluding hydrogens is 386 g/mol. The molecular formula is C24H22F2N2O2. The fourth-order valence-electron chi connectivity index (χ4n) is 3.00. The summed E-state index contributed by atoms with van der Waals surface area (Å²) >= 11 is 0. The highest BCUT2D eigenvalue weighted by Gasteiger charge is 2.14. The zero-order valence-corrected chi connectivity index (χ0v) is 16.7. The molecule has 0 saturated carbocycles. The van der Waals surface area contributed by atoms with Crippen molar-refractivity contribution >= 4 is 11.8 Å². The Balaban J connectivity index is 1.60. The standard InChI is InChI=1S/C24H22F2N2O2/c1-15(17-7-11-21(25)12-8-17)27-23(29)19-3-5-20(6-4-19)24(30)28-16(2)18-9-13-22(26)14-10-18/h3-16H,1-2H3,(H,27,29)(H,28,30). The highest BCUT2D eigenvalue weighted by Crippen LogP contribution is 2.16. The summed E-state index contributed by atoms with van der Waals surface area (Å²) in [5.74, 6) is -1.25. The summed E-state index contributed by atoms with van der Waals surface area (Å²) in [7, 11) is 0. The lowest BCUT2D eigenvalue weighted by Crippen LogP contribution is -2.28. The van der Waals surface area contributed by atoms with Gasteiger partial charge in [0.05, 0.1) is 12.1 Å². The largest absolute Gasteiger partial charge is 0.346 e. The van der Waals surface area contributed by atoms with E-state index < -0.39 is 0 Å². The van der Waals surface area contributed by atoms with Crippen LogP contribution in [0.3, 0.4) is 0 Å². The second-order valence-electron chi connectivity index (χ2n) is 7.07. The lowest BCUT2D eigenvalue weighted by Gasteiger charge is -2.16. The number of halogens is 2. The smallest absolute Gasteiger partial charge is 0.251 e. The van der Waals surface area contributed by atoms with Gasteiger partial charge in [0.15, 0.2) is 0 Å². The first-order valence-corrected chi connectivity index (χ1v) is 9.56. The Morgan fingerprint density at radius 2 is 0.900 bits per heavy atom. The maximum absolute atomic E-state index is 13.0. The molecule has 0 heterocycles. The lowest BCUT2D eigenvalue weighted by atomic mass is 10.1. The number of amides is 2. The second-order valence-corrected chi connectivity index (χ2v) is 7.07. The van der Waals surface area contributed by atoms with Crippen molar-refractivity contribution < 1.29 is 18.4 Å². The number of hydrogen-bond donors (Lipinski definition) is 2. The van der Waals surface area contributed by atoms with Crippen molar-refractivity contribution in [3.05, 3.63) is 107 Å². The van der Waals surface area contributed by atoms with Crippen molar-refractivity contribution in [1.82, 2.24) is 10.6 Å². The summed E-state index contributed by atoms with van der Waals surface area (Å²) < 4.78 is 26.1. The van der Waals surface area contributed by atoms with Crippen molar-refractivity contribution in [2.75, 3.05) is 0 Å². The molecule has 154 valence electrons. The predicted molar refractivity (Wildman–Crippen MR) is 111 cm³/mol. The SMILES string of the molecule is CC(NC(=O)c1ccc(C(=O)NC(C)c2ccc(F)cc2)cc1)c1ccc(F)cc1. The third-order valence-electron chi connectivity index (χ3n) is 4.84. The van der Waals surface area contributed by atoms with Gasteiger partial charge in [-0.3, -0.25) is 9.59 Å². The summed E-state index contributed by atoms with van der Waals surface area (Å²) in [5, 5.41) is 5.69. The monoisotopic (exact) mass is 408 g/mol. The van der Waals surface area contributed by atoms with Crippen LogP contribution < -0.4 is 10.6 Å². The van der Waals surface area contributed by atoms with Gasteiger partial charge in [-0.1, -0.05) is 24.3 Å². The zero-order valence-electron chi connectivity index (χ0n) is 16.7. The number of hydrogen-bond acceptors (Lipinski definition) is 2. The number of carbonyl (C=O) groups excluding carboxylic acids is 2. The molecule has 3 rings (SSSR count). The normalized spacial score (nSPS) is 12.7. The number of carbonyl (C=O) groups is 2. The van der Waals surface area contributed by atoms with Crippen LogP contribution in [0.1, 0.15) is 57.8 Å². The first-order chi connectivity index (χ1) is 14.3. The van der Waals surface area contributed by atoms with Gasteiger partial charge in [-0.15, -0.1) is 0 Å². The van der Waals surface area contributed by atoms with Crippen LogP contribution in [0, 0.1) is 11.6 Å². The van der Waals surface area contributed by atoms with Crippen LogP contribution in [0.5, 0.6) is 0 Å². The summed E-state index contributed by atoms with van der Waals surface area (Å²) in [6.45, 7) is 3.62. The van der Waals surface area contributed by atoms with E-state index in [9.17, 15) is 18.4 Å². The van der Waals surface area contributed by atoms with E-state index in [2.05, 4.69) is 10.6 Å². The molecule has 0 fully saturated rings. The van der Waals surface area contributed by atoms with E-state index in [0.29, 0.717) is 11.1 Å². The van der Waals surface area contributed by atoms with Crippen molar-refractivity contribution in [2.45, 2.75) is 25.9 Å². The summed E-state index contributed by atoms with van der Waals surface area (Å²) in [5.41, 5.74) is 2.39. The summed E-state index contributed by atoms with van der Waals surface area (Å²) in [6, 6.07) is 17.6. The van der Waals surface area contributed by atoms with E-state index in [1.54, 1.807) is 48.5 Å². The molecule has 3 aromatic rings. The second kappa shape index (κ2) is 9.31. The molecule has 0 aliphatic rings. The zero-order chi connectivity index (χ0) is 21.7. The summed E-state index contributed by atoms with van der Waals surface area (Å²) in [6.07, 6.45) is 0. The molecule has 6 heteroatoms. The molecule has 30 heavy (non-hydrogen) atoms. The minimum Gasteiger partial charge on any atom is -0.346 e. The molecule has 4 nitrogen and oxygen atoms in total. The molecule has 0 aromatic heterocycles. The third-order valence-corrected chi connectivity index (χ3v) is 4.84. The Labute approximate surface area is 173 Å². The van der Waals surface area contributed by atoms with E-state index in [-0.39, 0.29) is 35.5 Å². The van der Waals surface area contributed by atoms with E-state index in [1.807, 2.05) is 13.8 Å². The van der Waals surface area contributed by atoms with Gasteiger partial charge in [-0.05, 0) is 73.5 Å². The Bertz CT molecular complexity index is 932. The van der Waals surface area contributed by atoms with Gasteiger partial charge in [0.2, 0.25) is 0 Å². The Morgan fingerprint density at radius 1 is 0.600 bits per heavy atom. The molecule has 0 bridgehead atoms. The minimum atomic E-state index is -0.333. The highest BCUT2D eigenvalue weighted by atomic mass is 19.1. The average Bonchev–Trinajstić information content (AvgIpc) is 2.74. The van der Waals surface area contributed by atoms with Crippen molar-refractivity contribution in [2.24, 2.45) is 0 Å². The quantitative estimate of drug-likeness (QED) is 0.607. The average molecular weight is 408 g/mol. The maximum atomic E-state index is 13.0. The molecule has 3 aromatic carbocycles. The third kappa shape index (κ3) is 5.29. The van der Waals surface area contributed by atoms with Crippen molar-refractivity contribution in [3.63, 3.8) is 0 Å². The molecule has 2 N–H and O–H groups in total. The number of benzene rings is 3. The predicted octanol–water partition coefficient (Wildman–Crippen LogP) is 4.95. The topological polar surface area (TPSA) is 58.2 Å². The molecule has 0 saturated heterocycles. The van der Waals surface area contributed by atoms with E-state index in [1.165, 1.54) is 24.3 Å². The van der Waals surface area contributed by atoms with E-state index in [4.69, 9.17) is 0 Å². The molecule has 0 radical (unpaired) electrons. The lowest BCUT2D eigenvalue weighted by molar-refractivity contribution is 0.0927. The van der Waals surface area contributed by atoms with Gasteiger partial charge in [-0.25, -0.2) is 8.78 Å². The number of rotatable bonds is 6. The fraction of sp³-hybridized carbons (Fsp3) is 0.167. The molecule has 0 spiro atoms. The first kappa shape index (κ1) is 21.2. The maximum Gasteiger partial charge on any atom is 0.251 e. The van der Waals surface area contributed by atoms with Gasteiger partial charge < -0.3 is 10.6 Å². The van der Waals surface area contributed by atoms with Gasteiger partial charge in [0, 0.05) is 11.1 Å². The van der Waals surface area contributed by atoms with Crippen LogP contribution >= 0.6 is 0 Å². The van der Waals surface area contributed by atoms with Gasteiger partial charge in [0.25, 0.3) is 11.8 Å². The van der Waals surface area contributed by atoms with E-state index in [0.717, 1.165) is 11.1 Å². The van der Waals surface area contributed by atoms with Gasteiger partial charge in [0.1, 0.15) is 11.6 Å². The number of nitrogens with one attached hydrogen (secondary N) is 2. The van der Waals surface area contributed by atoms with Crippen LogP contribution in [0.15, 0.2) is 72.8 Å². The Hall–Kier alpha value is -3.54. The fourth-order valence-corrected chi connectivity index (χ4v) is 3.00. The van der Waals surface area contributed by atoms with Crippen molar-refractivity contribution in [1.29, 1.82) is 0 Å². The van der Waals surface area contributed by atoms with E-state index >= 15 is 0 Å². The highest BCUT2D eigenvalue weighted by molar-refractivity contribution is 5.98. The molecule has 0 aliphatic heterocycles. The first-order valence-electron chi connectivity index (χ1n) is 9.56. The van der Waals surface area contributed by atoms with Gasteiger partial charge >= 0.3 is 0 Å². The van der Waals surface area contributed by atoms with Crippen LogP contribution in [0.4, 0.5) is 8.78 Å². The molecule has 2 amide bonds.